The molecule has 0 amide bonds. The fourth-order valence-corrected chi connectivity index (χ4v) is 2.53. The molecule has 0 aromatic heterocycles. The molecule has 1 aliphatic rings. The standard InChI is InChI=1S/C12H17NO2S/c1-14-9-6-8(12(13)4-5-12)11(16-3)7-10(9)15-2/h6-7H,4-5,13H2,1-3H3. The zero-order valence-corrected chi connectivity index (χ0v) is 10.7. The topological polar surface area (TPSA) is 44.5 Å². The van der Waals surface area contributed by atoms with Crippen molar-refractivity contribution in [2.75, 3.05) is 20.5 Å². The molecule has 0 bridgehead atoms. The van der Waals surface area contributed by atoms with Crippen molar-refractivity contribution in [3.05, 3.63) is 17.7 Å². The average Bonchev–Trinajstić information content (AvgIpc) is 3.06. The molecule has 1 aliphatic carbocycles. The monoisotopic (exact) mass is 239 g/mol. The zero-order valence-electron chi connectivity index (χ0n) is 9.87. The van der Waals surface area contributed by atoms with Crippen molar-refractivity contribution in [2.45, 2.75) is 23.3 Å². The lowest BCUT2D eigenvalue weighted by Crippen LogP contribution is -2.19. The lowest BCUT2D eigenvalue weighted by atomic mass is 10.1. The summed E-state index contributed by atoms with van der Waals surface area (Å²) in [6.45, 7) is 0. The van der Waals surface area contributed by atoms with E-state index < -0.39 is 0 Å². The zero-order chi connectivity index (χ0) is 11.8. The molecule has 0 heterocycles. The minimum absolute atomic E-state index is 0.141. The van der Waals surface area contributed by atoms with Gasteiger partial charge in [0, 0.05) is 10.4 Å². The lowest BCUT2D eigenvalue weighted by Gasteiger charge is -2.17. The van der Waals surface area contributed by atoms with Crippen molar-refractivity contribution in [3.8, 4) is 11.5 Å². The maximum Gasteiger partial charge on any atom is 0.161 e. The number of hydrogen-bond donors (Lipinski definition) is 1. The minimum atomic E-state index is -0.141. The van der Waals surface area contributed by atoms with Gasteiger partial charge >= 0.3 is 0 Å². The van der Waals surface area contributed by atoms with Crippen molar-refractivity contribution in [1.29, 1.82) is 0 Å². The molecule has 16 heavy (non-hydrogen) atoms. The van der Waals surface area contributed by atoms with Crippen molar-refractivity contribution >= 4 is 11.8 Å². The average molecular weight is 239 g/mol. The number of hydrogen-bond acceptors (Lipinski definition) is 4. The Labute approximate surface area is 100 Å². The predicted octanol–water partition coefficient (Wildman–Crippen LogP) is 2.37. The number of benzene rings is 1. The number of nitrogens with two attached hydrogens (primary N) is 1. The highest BCUT2D eigenvalue weighted by Gasteiger charge is 2.42. The van der Waals surface area contributed by atoms with E-state index in [1.165, 1.54) is 10.5 Å². The van der Waals surface area contributed by atoms with E-state index in [2.05, 4.69) is 6.26 Å². The first-order valence-corrected chi connectivity index (χ1v) is 6.46. The highest BCUT2D eigenvalue weighted by molar-refractivity contribution is 7.98. The molecule has 0 atom stereocenters. The van der Waals surface area contributed by atoms with Gasteiger partial charge in [0.15, 0.2) is 11.5 Å². The first-order chi connectivity index (χ1) is 7.64. The summed E-state index contributed by atoms with van der Waals surface area (Å²) in [7, 11) is 3.30. The van der Waals surface area contributed by atoms with Crippen molar-refractivity contribution in [2.24, 2.45) is 5.73 Å². The van der Waals surface area contributed by atoms with E-state index in [9.17, 15) is 0 Å². The number of ether oxygens (including phenoxy) is 2. The maximum atomic E-state index is 6.25. The second-order valence-corrected chi connectivity index (χ2v) is 4.91. The van der Waals surface area contributed by atoms with Gasteiger partial charge in [-0.25, -0.2) is 0 Å². The molecule has 1 fully saturated rings. The summed E-state index contributed by atoms with van der Waals surface area (Å²) in [4.78, 5) is 1.18. The summed E-state index contributed by atoms with van der Waals surface area (Å²) in [5, 5.41) is 0. The summed E-state index contributed by atoms with van der Waals surface area (Å²) in [5.74, 6) is 1.52. The highest BCUT2D eigenvalue weighted by atomic mass is 32.2. The van der Waals surface area contributed by atoms with Gasteiger partial charge in [0.05, 0.1) is 14.2 Å². The highest BCUT2D eigenvalue weighted by Crippen LogP contribution is 2.48. The van der Waals surface area contributed by atoms with Crippen LogP contribution in [0, 0.1) is 0 Å². The number of thioether (sulfide) groups is 1. The van der Waals surface area contributed by atoms with Crippen LogP contribution >= 0.6 is 11.8 Å². The van der Waals surface area contributed by atoms with Crippen molar-refractivity contribution < 1.29 is 9.47 Å². The Morgan fingerprint density at radius 1 is 1.19 bits per heavy atom. The van der Waals surface area contributed by atoms with E-state index in [4.69, 9.17) is 15.2 Å². The third-order valence-electron chi connectivity index (χ3n) is 3.03. The Hall–Kier alpha value is -0.870. The number of rotatable bonds is 4. The van der Waals surface area contributed by atoms with Crippen molar-refractivity contribution in [1.82, 2.24) is 0 Å². The van der Waals surface area contributed by atoms with Crippen LogP contribution in [0.15, 0.2) is 17.0 Å². The largest absolute Gasteiger partial charge is 0.493 e. The molecule has 4 heteroatoms. The first kappa shape index (κ1) is 11.6. The van der Waals surface area contributed by atoms with Gasteiger partial charge < -0.3 is 15.2 Å². The SMILES string of the molecule is COc1cc(SC)c(C2(N)CC2)cc1OC. The molecular formula is C12H17NO2S. The van der Waals surface area contributed by atoms with E-state index in [0.717, 1.165) is 24.3 Å². The Balaban J connectivity index is 2.51. The van der Waals surface area contributed by atoms with Crippen LogP contribution in [0.1, 0.15) is 18.4 Å². The van der Waals surface area contributed by atoms with Crippen LogP contribution in [0.3, 0.4) is 0 Å². The summed E-state index contributed by atoms with van der Waals surface area (Å²) in [5.41, 5.74) is 7.29. The van der Waals surface area contributed by atoms with Gasteiger partial charge in [-0.05, 0) is 36.8 Å². The molecule has 0 radical (unpaired) electrons. The smallest absolute Gasteiger partial charge is 0.161 e. The molecule has 1 saturated carbocycles. The number of methoxy groups -OCH3 is 2. The molecular weight excluding hydrogens is 222 g/mol. The van der Waals surface area contributed by atoms with Crippen LogP contribution < -0.4 is 15.2 Å². The Morgan fingerprint density at radius 2 is 1.75 bits per heavy atom. The summed E-state index contributed by atoms with van der Waals surface area (Å²) in [6.07, 6.45) is 4.16. The molecule has 1 aromatic carbocycles. The Kier molecular flexibility index (Phi) is 3.04. The fourth-order valence-electron chi connectivity index (χ4n) is 1.82. The second kappa shape index (κ2) is 4.18. The molecule has 0 spiro atoms. The molecule has 2 N–H and O–H groups in total. The van der Waals surface area contributed by atoms with Crippen LogP contribution in [0.4, 0.5) is 0 Å². The van der Waals surface area contributed by atoms with E-state index in [1.807, 2.05) is 12.1 Å². The van der Waals surface area contributed by atoms with Crippen LogP contribution in [0.25, 0.3) is 0 Å². The molecule has 3 nitrogen and oxygen atoms in total. The van der Waals surface area contributed by atoms with Gasteiger partial charge in [-0.2, -0.15) is 0 Å². The normalized spacial score (nSPS) is 17.0. The molecule has 88 valence electrons. The fraction of sp³-hybridized carbons (Fsp3) is 0.500. The quantitative estimate of drug-likeness (QED) is 0.819. The Bertz CT molecular complexity index is 402. The van der Waals surface area contributed by atoms with Gasteiger partial charge in [0.2, 0.25) is 0 Å². The van der Waals surface area contributed by atoms with E-state index in [1.54, 1.807) is 26.0 Å². The summed E-state index contributed by atoms with van der Waals surface area (Å²) in [6, 6.07) is 4.02. The van der Waals surface area contributed by atoms with Gasteiger partial charge in [0.25, 0.3) is 0 Å². The molecule has 0 aliphatic heterocycles. The Morgan fingerprint density at radius 3 is 2.19 bits per heavy atom. The van der Waals surface area contributed by atoms with Gasteiger partial charge in [-0.15, -0.1) is 11.8 Å². The van der Waals surface area contributed by atoms with Crippen LogP contribution in [-0.2, 0) is 5.54 Å². The van der Waals surface area contributed by atoms with Crippen LogP contribution in [0.5, 0.6) is 11.5 Å². The van der Waals surface area contributed by atoms with Gasteiger partial charge in [-0.3, -0.25) is 0 Å². The van der Waals surface area contributed by atoms with E-state index in [0.29, 0.717) is 0 Å². The minimum Gasteiger partial charge on any atom is -0.493 e. The van der Waals surface area contributed by atoms with E-state index >= 15 is 0 Å². The van der Waals surface area contributed by atoms with E-state index in [-0.39, 0.29) is 5.54 Å². The molecule has 1 aromatic rings. The third-order valence-corrected chi connectivity index (χ3v) is 3.81. The maximum absolute atomic E-state index is 6.25. The van der Waals surface area contributed by atoms with Gasteiger partial charge in [0.1, 0.15) is 0 Å². The van der Waals surface area contributed by atoms with Crippen molar-refractivity contribution in [3.63, 3.8) is 0 Å². The molecule has 0 unspecified atom stereocenters. The van der Waals surface area contributed by atoms with Crippen LogP contribution in [0.2, 0.25) is 0 Å². The second-order valence-electron chi connectivity index (χ2n) is 4.06. The summed E-state index contributed by atoms with van der Waals surface area (Å²) >= 11 is 1.70. The van der Waals surface area contributed by atoms with Gasteiger partial charge in [-0.1, -0.05) is 0 Å². The predicted molar refractivity (Wildman–Crippen MR) is 66.4 cm³/mol. The third kappa shape index (κ3) is 1.87. The first-order valence-electron chi connectivity index (χ1n) is 5.24. The lowest BCUT2D eigenvalue weighted by molar-refractivity contribution is 0.353. The molecule has 2 rings (SSSR count). The van der Waals surface area contributed by atoms with Crippen LogP contribution in [-0.4, -0.2) is 20.5 Å². The summed E-state index contributed by atoms with van der Waals surface area (Å²) < 4.78 is 10.6. The molecule has 0 saturated heterocycles.